The second-order valence-electron chi connectivity index (χ2n) is 3.71. The Morgan fingerprint density at radius 3 is 2.38 bits per heavy atom. The largest absolute Gasteiger partial charge is 0.479 e. The van der Waals surface area contributed by atoms with Gasteiger partial charge in [-0.1, -0.05) is 30.3 Å². The fourth-order valence-electron chi connectivity index (χ4n) is 1.83. The molecule has 1 atom stereocenters. The number of hydrogen-bond donors (Lipinski definition) is 1. The van der Waals surface area contributed by atoms with Gasteiger partial charge in [-0.3, -0.25) is 0 Å². The van der Waals surface area contributed by atoms with E-state index in [1.807, 2.05) is 49.4 Å². The molecule has 0 radical (unpaired) electrons. The van der Waals surface area contributed by atoms with E-state index in [1.165, 1.54) is 0 Å². The lowest BCUT2D eigenvalue weighted by atomic mass is 10.1. The molecule has 1 heterocycles. The van der Waals surface area contributed by atoms with E-state index in [0.29, 0.717) is 0 Å². The summed E-state index contributed by atoms with van der Waals surface area (Å²) in [7, 11) is 0. The molecule has 0 aliphatic carbocycles. The molecule has 1 unspecified atom stereocenters. The molecule has 1 N–H and O–H groups in total. The first-order valence-electron chi connectivity index (χ1n) is 5.11. The number of carboxylic acids is 1. The molecule has 2 aromatic rings. The Hall–Kier alpha value is -2.03. The molecule has 0 amide bonds. The highest BCUT2D eigenvalue weighted by Gasteiger charge is 2.21. The van der Waals surface area contributed by atoms with Crippen molar-refractivity contribution in [1.82, 2.24) is 4.57 Å². The summed E-state index contributed by atoms with van der Waals surface area (Å²) in [4.78, 5) is 11.3. The summed E-state index contributed by atoms with van der Waals surface area (Å²) in [6, 6.07) is 12.4. The first-order chi connectivity index (χ1) is 7.70. The van der Waals surface area contributed by atoms with E-state index >= 15 is 0 Å². The molecule has 0 aliphatic heterocycles. The van der Waals surface area contributed by atoms with Gasteiger partial charge in [0.2, 0.25) is 0 Å². The quantitative estimate of drug-likeness (QED) is 0.854. The van der Waals surface area contributed by atoms with E-state index in [4.69, 9.17) is 0 Å². The second kappa shape index (κ2) is 4.23. The van der Waals surface area contributed by atoms with Crippen molar-refractivity contribution >= 4 is 5.97 Å². The third-order valence-corrected chi connectivity index (χ3v) is 2.62. The summed E-state index contributed by atoms with van der Waals surface area (Å²) in [5.41, 5.74) is 1.73. The van der Waals surface area contributed by atoms with Gasteiger partial charge in [-0.25, -0.2) is 4.79 Å². The first-order valence-corrected chi connectivity index (χ1v) is 5.11. The highest BCUT2D eigenvalue weighted by Crippen LogP contribution is 2.20. The molecule has 0 bridgehead atoms. The van der Waals surface area contributed by atoms with Crippen LogP contribution in [0.3, 0.4) is 0 Å². The maximum atomic E-state index is 11.3. The Kier molecular flexibility index (Phi) is 2.77. The molecular weight excluding hydrogens is 202 g/mol. The van der Waals surface area contributed by atoms with E-state index in [9.17, 15) is 9.90 Å². The number of carbonyl (C=O) groups is 1. The van der Waals surface area contributed by atoms with E-state index in [-0.39, 0.29) is 0 Å². The van der Waals surface area contributed by atoms with Gasteiger partial charge in [-0.15, -0.1) is 0 Å². The molecule has 16 heavy (non-hydrogen) atoms. The van der Waals surface area contributed by atoms with Crippen LogP contribution in [0.1, 0.15) is 17.3 Å². The van der Waals surface area contributed by atoms with Crippen molar-refractivity contribution in [3.63, 3.8) is 0 Å². The smallest absolute Gasteiger partial charge is 0.331 e. The van der Waals surface area contributed by atoms with Crippen LogP contribution in [0.25, 0.3) is 0 Å². The Bertz CT molecular complexity index is 488. The minimum atomic E-state index is -0.842. The van der Waals surface area contributed by atoms with Gasteiger partial charge in [-0.2, -0.15) is 0 Å². The average Bonchev–Trinajstić information content (AvgIpc) is 2.66. The number of aliphatic carboxylic acids is 1. The predicted octanol–water partition coefficient (Wildman–Crippen LogP) is 2.47. The van der Waals surface area contributed by atoms with Gasteiger partial charge in [-0.05, 0) is 24.6 Å². The lowest BCUT2D eigenvalue weighted by Gasteiger charge is -2.16. The average molecular weight is 215 g/mol. The molecule has 0 fully saturated rings. The van der Waals surface area contributed by atoms with Crippen LogP contribution in [0.15, 0.2) is 48.7 Å². The molecule has 2 rings (SSSR count). The normalized spacial score (nSPS) is 12.3. The zero-order valence-electron chi connectivity index (χ0n) is 9.00. The molecule has 0 aliphatic rings. The third kappa shape index (κ3) is 1.84. The highest BCUT2D eigenvalue weighted by molar-refractivity contribution is 5.76. The van der Waals surface area contributed by atoms with Crippen LogP contribution >= 0.6 is 0 Å². The zero-order chi connectivity index (χ0) is 11.5. The fourth-order valence-corrected chi connectivity index (χ4v) is 1.83. The van der Waals surface area contributed by atoms with Crippen molar-refractivity contribution < 1.29 is 9.90 Å². The maximum Gasteiger partial charge on any atom is 0.331 e. The zero-order valence-corrected chi connectivity index (χ0v) is 9.00. The topological polar surface area (TPSA) is 42.2 Å². The molecule has 82 valence electrons. The van der Waals surface area contributed by atoms with E-state index < -0.39 is 12.0 Å². The lowest BCUT2D eigenvalue weighted by Crippen LogP contribution is -2.20. The molecule has 0 spiro atoms. The van der Waals surface area contributed by atoms with Gasteiger partial charge in [0.05, 0.1) is 0 Å². The summed E-state index contributed by atoms with van der Waals surface area (Å²) >= 11 is 0. The maximum absolute atomic E-state index is 11.3. The number of carboxylic acid groups (broad SMARTS) is 1. The molecule has 3 nitrogen and oxygen atoms in total. The van der Waals surface area contributed by atoms with Crippen molar-refractivity contribution in [3.05, 3.63) is 59.9 Å². The summed E-state index contributed by atoms with van der Waals surface area (Å²) in [6.07, 6.45) is 1.79. The number of aromatic nitrogens is 1. The van der Waals surface area contributed by atoms with Gasteiger partial charge < -0.3 is 9.67 Å². The standard InChI is InChI=1S/C13H13NO2/c1-10-6-5-9-14(10)12(13(15)16)11-7-3-2-4-8-11/h2-9,12H,1H3,(H,15,16). The molecule has 1 aromatic heterocycles. The Balaban J connectivity index is 2.48. The summed E-state index contributed by atoms with van der Waals surface area (Å²) in [5, 5.41) is 9.30. The molecule has 3 heteroatoms. The van der Waals surface area contributed by atoms with Gasteiger partial charge in [0.25, 0.3) is 0 Å². The van der Waals surface area contributed by atoms with Crippen molar-refractivity contribution in [2.45, 2.75) is 13.0 Å². The summed E-state index contributed by atoms with van der Waals surface area (Å²) in [5.74, 6) is -0.842. The van der Waals surface area contributed by atoms with Crippen LogP contribution < -0.4 is 0 Å². The first kappa shape index (κ1) is 10.5. The molecule has 0 saturated heterocycles. The van der Waals surface area contributed by atoms with Gasteiger partial charge in [0.1, 0.15) is 0 Å². The molecular formula is C13H13NO2. The van der Waals surface area contributed by atoms with Crippen LogP contribution in [-0.4, -0.2) is 15.6 Å². The third-order valence-electron chi connectivity index (χ3n) is 2.62. The molecule has 1 aromatic carbocycles. The predicted molar refractivity (Wildman–Crippen MR) is 61.4 cm³/mol. The van der Waals surface area contributed by atoms with E-state index in [1.54, 1.807) is 10.8 Å². The lowest BCUT2D eigenvalue weighted by molar-refractivity contribution is -0.139. The Labute approximate surface area is 94.0 Å². The number of benzene rings is 1. The SMILES string of the molecule is Cc1cccn1C(C(=O)O)c1ccccc1. The van der Waals surface area contributed by atoms with E-state index in [0.717, 1.165) is 11.3 Å². The van der Waals surface area contributed by atoms with Crippen LogP contribution in [0.5, 0.6) is 0 Å². The fraction of sp³-hybridized carbons (Fsp3) is 0.154. The molecule has 0 saturated carbocycles. The number of aryl methyl sites for hydroxylation is 1. The van der Waals surface area contributed by atoms with Crippen LogP contribution in [0, 0.1) is 6.92 Å². The van der Waals surface area contributed by atoms with E-state index in [2.05, 4.69) is 0 Å². The van der Waals surface area contributed by atoms with Gasteiger partial charge in [0.15, 0.2) is 6.04 Å². The van der Waals surface area contributed by atoms with Gasteiger partial charge >= 0.3 is 5.97 Å². The van der Waals surface area contributed by atoms with Crippen LogP contribution in [0.4, 0.5) is 0 Å². The van der Waals surface area contributed by atoms with Crippen molar-refractivity contribution in [2.24, 2.45) is 0 Å². The van der Waals surface area contributed by atoms with Crippen molar-refractivity contribution in [3.8, 4) is 0 Å². The Morgan fingerprint density at radius 2 is 1.88 bits per heavy atom. The van der Waals surface area contributed by atoms with Crippen LogP contribution in [0.2, 0.25) is 0 Å². The minimum Gasteiger partial charge on any atom is -0.479 e. The monoisotopic (exact) mass is 215 g/mol. The minimum absolute atomic E-state index is 0.642. The number of hydrogen-bond acceptors (Lipinski definition) is 1. The van der Waals surface area contributed by atoms with Gasteiger partial charge in [0, 0.05) is 11.9 Å². The number of nitrogens with zero attached hydrogens (tertiary/aromatic N) is 1. The highest BCUT2D eigenvalue weighted by atomic mass is 16.4. The number of rotatable bonds is 3. The summed E-state index contributed by atoms with van der Waals surface area (Å²) in [6.45, 7) is 1.90. The Morgan fingerprint density at radius 1 is 1.19 bits per heavy atom. The van der Waals surface area contributed by atoms with Crippen molar-refractivity contribution in [2.75, 3.05) is 0 Å². The van der Waals surface area contributed by atoms with Crippen molar-refractivity contribution in [1.29, 1.82) is 0 Å². The summed E-state index contributed by atoms with van der Waals surface area (Å²) < 4.78 is 1.76. The second-order valence-corrected chi connectivity index (χ2v) is 3.71. The van der Waals surface area contributed by atoms with Crippen LogP contribution in [-0.2, 0) is 4.79 Å².